The van der Waals surface area contributed by atoms with Crippen LogP contribution in [0.1, 0.15) is 30.4 Å². The van der Waals surface area contributed by atoms with Crippen LogP contribution in [-0.2, 0) is 18.6 Å². The number of fused-ring (bicyclic) bond motifs is 1. The van der Waals surface area contributed by atoms with E-state index < -0.39 is 0 Å². The lowest BCUT2D eigenvalue weighted by molar-refractivity contribution is 0.280. The van der Waals surface area contributed by atoms with Gasteiger partial charge in [-0.2, -0.15) is 0 Å². The van der Waals surface area contributed by atoms with Crippen molar-refractivity contribution in [1.82, 2.24) is 9.88 Å². The number of benzene rings is 2. The minimum atomic E-state index is 0.0978. The van der Waals surface area contributed by atoms with Crippen molar-refractivity contribution in [3.63, 3.8) is 0 Å². The average molecular weight is 350 g/mol. The van der Waals surface area contributed by atoms with E-state index in [-0.39, 0.29) is 12.1 Å². The van der Waals surface area contributed by atoms with Crippen LogP contribution in [0.4, 0.5) is 0 Å². The molecule has 1 aliphatic carbocycles. The third-order valence-corrected chi connectivity index (χ3v) is 5.44. The standard InChI is InChI=1S/C22H26N2O2/c1-26-19-9-7-18(8-10-19)22(11-12-22)23-15-17-16-24(13-4-14-25)21-6-3-2-5-20(17)21/h2-3,5-10,16,23,25H,4,11-15H2,1H3. The second kappa shape index (κ2) is 7.14. The zero-order chi connectivity index (χ0) is 18.0. The molecule has 0 aliphatic heterocycles. The highest BCUT2D eigenvalue weighted by Gasteiger charge is 2.43. The van der Waals surface area contributed by atoms with Crippen LogP contribution in [0.25, 0.3) is 10.9 Å². The van der Waals surface area contributed by atoms with Crippen molar-refractivity contribution in [1.29, 1.82) is 0 Å². The van der Waals surface area contributed by atoms with Crippen LogP contribution in [0.15, 0.2) is 54.7 Å². The molecule has 0 radical (unpaired) electrons. The highest BCUT2D eigenvalue weighted by molar-refractivity contribution is 5.84. The topological polar surface area (TPSA) is 46.4 Å². The Bertz CT molecular complexity index is 879. The van der Waals surface area contributed by atoms with Gasteiger partial charge in [0, 0.05) is 42.3 Å². The zero-order valence-corrected chi connectivity index (χ0v) is 15.2. The number of para-hydroxylation sites is 1. The molecule has 2 aromatic carbocycles. The predicted octanol–water partition coefficient (Wildman–Crippen LogP) is 3.81. The number of rotatable bonds is 8. The van der Waals surface area contributed by atoms with Gasteiger partial charge in [0.05, 0.1) is 7.11 Å². The highest BCUT2D eigenvalue weighted by Crippen LogP contribution is 2.46. The first kappa shape index (κ1) is 17.1. The Hall–Kier alpha value is -2.30. The molecular weight excluding hydrogens is 324 g/mol. The Morgan fingerprint density at radius 3 is 2.58 bits per heavy atom. The van der Waals surface area contributed by atoms with Gasteiger partial charge in [-0.1, -0.05) is 30.3 Å². The van der Waals surface area contributed by atoms with Crippen molar-refractivity contribution >= 4 is 10.9 Å². The summed E-state index contributed by atoms with van der Waals surface area (Å²) in [5.74, 6) is 0.900. The Morgan fingerprint density at radius 2 is 1.88 bits per heavy atom. The molecule has 0 bridgehead atoms. The molecule has 3 aromatic rings. The fraction of sp³-hybridized carbons (Fsp3) is 0.364. The van der Waals surface area contributed by atoms with E-state index in [1.165, 1.54) is 34.9 Å². The van der Waals surface area contributed by atoms with Crippen molar-refractivity contribution in [3.8, 4) is 5.75 Å². The monoisotopic (exact) mass is 350 g/mol. The van der Waals surface area contributed by atoms with Crippen LogP contribution in [-0.4, -0.2) is 23.4 Å². The summed E-state index contributed by atoms with van der Waals surface area (Å²) in [7, 11) is 1.70. The quantitative estimate of drug-likeness (QED) is 0.649. The molecule has 0 atom stereocenters. The van der Waals surface area contributed by atoms with Crippen LogP contribution in [0, 0.1) is 0 Å². The lowest BCUT2D eigenvalue weighted by Crippen LogP contribution is -2.28. The zero-order valence-electron chi connectivity index (χ0n) is 15.2. The summed E-state index contributed by atoms with van der Waals surface area (Å²) in [5, 5.41) is 14.2. The van der Waals surface area contributed by atoms with Gasteiger partial charge >= 0.3 is 0 Å². The fourth-order valence-electron chi connectivity index (χ4n) is 3.76. The fourth-order valence-corrected chi connectivity index (χ4v) is 3.76. The normalized spacial score (nSPS) is 15.3. The lowest BCUT2D eigenvalue weighted by atomic mass is 10.0. The molecule has 1 fully saturated rings. The molecule has 1 heterocycles. The maximum absolute atomic E-state index is 9.15. The summed E-state index contributed by atoms with van der Waals surface area (Å²) < 4.78 is 7.53. The molecule has 0 saturated heterocycles. The number of aliphatic hydroxyl groups is 1. The third kappa shape index (κ3) is 3.22. The molecule has 4 nitrogen and oxygen atoms in total. The molecule has 0 amide bonds. The number of hydrogen-bond acceptors (Lipinski definition) is 3. The van der Waals surface area contributed by atoms with E-state index in [1.54, 1.807) is 7.11 Å². The number of nitrogens with one attached hydrogen (secondary N) is 1. The number of ether oxygens (including phenoxy) is 1. The molecule has 26 heavy (non-hydrogen) atoms. The largest absolute Gasteiger partial charge is 0.497 e. The number of nitrogens with zero attached hydrogens (tertiary/aromatic N) is 1. The van der Waals surface area contributed by atoms with Gasteiger partial charge in [0.25, 0.3) is 0 Å². The maximum Gasteiger partial charge on any atom is 0.118 e. The summed E-state index contributed by atoms with van der Waals surface area (Å²) >= 11 is 0. The molecular formula is C22H26N2O2. The van der Waals surface area contributed by atoms with E-state index in [0.29, 0.717) is 0 Å². The van der Waals surface area contributed by atoms with Gasteiger partial charge in [-0.3, -0.25) is 0 Å². The molecule has 1 saturated carbocycles. The molecule has 2 N–H and O–H groups in total. The predicted molar refractivity (Wildman–Crippen MR) is 104 cm³/mol. The first-order valence-electron chi connectivity index (χ1n) is 9.33. The van der Waals surface area contributed by atoms with Crippen LogP contribution < -0.4 is 10.1 Å². The molecule has 4 rings (SSSR count). The summed E-state index contributed by atoms with van der Waals surface area (Å²) in [6.07, 6.45) is 5.35. The number of aromatic nitrogens is 1. The van der Waals surface area contributed by atoms with E-state index in [1.807, 2.05) is 12.1 Å². The van der Waals surface area contributed by atoms with Gasteiger partial charge in [0.1, 0.15) is 5.75 Å². The van der Waals surface area contributed by atoms with Gasteiger partial charge in [-0.15, -0.1) is 0 Å². The van der Waals surface area contributed by atoms with Crippen LogP contribution in [0.5, 0.6) is 5.75 Å². The smallest absolute Gasteiger partial charge is 0.118 e. The average Bonchev–Trinajstić information content (AvgIpc) is 3.41. The van der Waals surface area contributed by atoms with E-state index in [4.69, 9.17) is 9.84 Å². The second-order valence-electron chi connectivity index (χ2n) is 7.11. The molecule has 1 aromatic heterocycles. The van der Waals surface area contributed by atoms with Gasteiger partial charge in [0.15, 0.2) is 0 Å². The van der Waals surface area contributed by atoms with Gasteiger partial charge < -0.3 is 19.7 Å². The Labute approximate surface area is 154 Å². The second-order valence-corrected chi connectivity index (χ2v) is 7.11. The summed E-state index contributed by atoms with van der Waals surface area (Å²) in [4.78, 5) is 0. The number of methoxy groups -OCH3 is 1. The summed E-state index contributed by atoms with van der Waals surface area (Å²) in [6.45, 7) is 1.92. The highest BCUT2D eigenvalue weighted by atomic mass is 16.5. The van der Waals surface area contributed by atoms with Gasteiger partial charge in [-0.25, -0.2) is 0 Å². The number of aliphatic hydroxyl groups excluding tert-OH is 1. The van der Waals surface area contributed by atoms with E-state index in [2.05, 4.69) is 52.5 Å². The lowest BCUT2D eigenvalue weighted by Gasteiger charge is -2.18. The Balaban J connectivity index is 1.54. The Kier molecular flexibility index (Phi) is 4.70. The molecule has 136 valence electrons. The van der Waals surface area contributed by atoms with Crippen molar-refractivity contribution in [2.45, 2.75) is 37.9 Å². The van der Waals surface area contributed by atoms with Crippen molar-refractivity contribution in [2.75, 3.05) is 13.7 Å². The molecule has 1 aliphatic rings. The SMILES string of the molecule is COc1ccc(C2(NCc3cn(CCCO)c4ccccc34)CC2)cc1. The molecule has 4 heteroatoms. The van der Waals surface area contributed by atoms with Crippen LogP contribution in [0.2, 0.25) is 0 Å². The van der Waals surface area contributed by atoms with Crippen molar-refractivity contribution in [3.05, 3.63) is 65.9 Å². The first-order valence-corrected chi connectivity index (χ1v) is 9.33. The Morgan fingerprint density at radius 1 is 1.12 bits per heavy atom. The first-order chi connectivity index (χ1) is 12.8. The van der Waals surface area contributed by atoms with Gasteiger partial charge in [0.2, 0.25) is 0 Å². The minimum absolute atomic E-state index is 0.0978. The van der Waals surface area contributed by atoms with Gasteiger partial charge in [-0.05, 0) is 48.6 Å². The minimum Gasteiger partial charge on any atom is -0.497 e. The molecule has 0 unspecified atom stereocenters. The third-order valence-electron chi connectivity index (χ3n) is 5.44. The van der Waals surface area contributed by atoms with Crippen molar-refractivity contribution < 1.29 is 9.84 Å². The number of aryl methyl sites for hydroxylation is 1. The van der Waals surface area contributed by atoms with Crippen molar-refractivity contribution in [2.24, 2.45) is 0 Å². The summed E-state index contributed by atoms with van der Waals surface area (Å²) in [6, 6.07) is 16.9. The van der Waals surface area contributed by atoms with E-state index in [9.17, 15) is 0 Å². The van der Waals surface area contributed by atoms with Crippen LogP contribution >= 0.6 is 0 Å². The summed E-state index contributed by atoms with van der Waals surface area (Å²) in [5.41, 5.74) is 3.99. The molecule has 0 spiro atoms. The maximum atomic E-state index is 9.15. The van der Waals surface area contributed by atoms with E-state index in [0.717, 1.165) is 25.3 Å². The van der Waals surface area contributed by atoms with Crippen LogP contribution in [0.3, 0.4) is 0 Å². The van der Waals surface area contributed by atoms with E-state index >= 15 is 0 Å². The number of hydrogen-bond donors (Lipinski definition) is 2.